The number of nitro groups is 1. The van der Waals surface area contributed by atoms with Gasteiger partial charge in [0.1, 0.15) is 0 Å². The van der Waals surface area contributed by atoms with E-state index >= 15 is 0 Å². The van der Waals surface area contributed by atoms with E-state index in [-0.39, 0.29) is 10.2 Å². The van der Waals surface area contributed by atoms with Gasteiger partial charge in [0.2, 0.25) is 0 Å². The minimum absolute atomic E-state index is 0.231. The standard InChI is InChI=1S/C7H6BrNO3/c1-4-2-5(8)7(10)6(3-4)9(11)12/h2-3,10H,1H3/p-1. The molecule has 0 amide bonds. The summed E-state index contributed by atoms with van der Waals surface area (Å²) < 4.78 is 0.231. The van der Waals surface area contributed by atoms with Gasteiger partial charge in [-0.15, -0.1) is 0 Å². The van der Waals surface area contributed by atoms with E-state index in [1.807, 2.05) is 0 Å². The summed E-state index contributed by atoms with van der Waals surface area (Å²) in [6, 6.07) is 2.81. The van der Waals surface area contributed by atoms with Crippen molar-refractivity contribution in [3.8, 4) is 5.75 Å². The molecule has 64 valence electrons. The Labute approximate surface area is 77.1 Å². The van der Waals surface area contributed by atoms with Crippen LogP contribution in [-0.2, 0) is 0 Å². The van der Waals surface area contributed by atoms with Crippen molar-refractivity contribution < 1.29 is 10.0 Å². The number of rotatable bonds is 1. The van der Waals surface area contributed by atoms with E-state index in [4.69, 9.17) is 0 Å². The van der Waals surface area contributed by atoms with Gasteiger partial charge in [-0.2, -0.15) is 0 Å². The summed E-state index contributed by atoms with van der Waals surface area (Å²) in [4.78, 5) is 9.63. The molecule has 0 aliphatic carbocycles. The molecule has 1 rings (SSSR count). The lowest BCUT2D eigenvalue weighted by Gasteiger charge is -2.09. The van der Waals surface area contributed by atoms with Gasteiger partial charge in [0.15, 0.2) is 0 Å². The first-order chi connectivity index (χ1) is 5.52. The Morgan fingerprint density at radius 2 is 2.08 bits per heavy atom. The number of nitrogens with zero attached hydrogens (tertiary/aromatic N) is 1. The topological polar surface area (TPSA) is 66.2 Å². The van der Waals surface area contributed by atoms with Crippen molar-refractivity contribution in [2.75, 3.05) is 0 Å². The number of halogens is 1. The van der Waals surface area contributed by atoms with Gasteiger partial charge in [0.25, 0.3) is 5.69 Å². The lowest BCUT2D eigenvalue weighted by molar-refractivity contribution is -0.398. The van der Waals surface area contributed by atoms with Crippen LogP contribution in [0.15, 0.2) is 16.6 Å². The minimum atomic E-state index is -0.680. The van der Waals surface area contributed by atoms with Gasteiger partial charge in [0.05, 0.1) is 4.92 Å². The molecule has 0 heterocycles. The van der Waals surface area contributed by atoms with E-state index in [0.29, 0.717) is 5.56 Å². The summed E-state index contributed by atoms with van der Waals surface area (Å²) in [5.41, 5.74) is 0.301. The van der Waals surface area contributed by atoms with Gasteiger partial charge < -0.3 is 5.11 Å². The molecule has 0 aliphatic heterocycles. The summed E-state index contributed by atoms with van der Waals surface area (Å²) in [5, 5.41) is 21.4. The Balaban J connectivity index is 3.37. The molecule has 0 saturated carbocycles. The fourth-order valence-electron chi connectivity index (χ4n) is 0.846. The fourth-order valence-corrected chi connectivity index (χ4v) is 1.41. The first-order valence-electron chi connectivity index (χ1n) is 3.14. The molecule has 0 aliphatic rings. The predicted octanol–water partition coefficient (Wildman–Crippen LogP) is 1.74. The third-order valence-corrected chi connectivity index (χ3v) is 1.95. The van der Waals surface area contributed by atoms with Gasteiger partial charge in [-0.1, -0.05) is 15.9 Å². The minimum Gasteiger partial charge on any atom is -0.867 e. The zero-order chi connectivity index (χ0) is 9.30. The fraction of sp³-hybridized carbons (Fsp3) is 0.143. The molecule has 0 bridgehead atoms. The van der Waals surface area contributed by atoms with Crippen LogP contribution in [0, 0.1) is 17.0 Å². The Morgan fingerprint density at radius 3 is 2.58 bits per heavy atom. The van der Waals surface area contributed by atoms with E-state index in [9.17, 15) is 15.2 Å². The molecule has 0 N–H and O–H groups in total. The average molecular weight is 231 g/mol. The molecule has 4 nitrogen and oxygen atoms in total. The Hall–Kier alpha value is -1.10. The zero-order valence-corrected chi connectivity index (χ0v) is 7.79. The molecule has 0 saturated heterocycles. The molecule has 0 atom stereocenters. The van der Waals surface area contributed by atoms with Crippen molar-refractivity contribution in [3.63, 3.8) is 0 Å². The van der Waals surface area contributed by atoms with Crippen LogP contribution in [0.3, 0.4) is 0 Å². The highest BCUT2D eigenvalue weighted by atomic mass is 79.9. The van der Waals surface area contributed by atoms with E-state index in [1.54, 1.807) is 13.0 Å². The van der Waals surface area contributed by atoms with Crippen LogP contribution in [0.25, 0.3) is 0 Å². The highest BCUT2D eigenvalue weighted by Gasteiger charge is 2.09. The number of nitro benzene ring substituents is 1. The second-order valence-electron chi connectivity index (χ2n) is 2.35. The maximum Gasteiger partial charge on any atom is 0.263 e. The summed E-state index contributed by atoms with van der Waals surface area (Å²) in [6.45, 7) is 1.69. The number of aryl methyl sites for hydroxylation is 1. The number of benzene rings is 1. The maximum absolute atomic E-state index is 11.1. The predicted molar refractivity (Wildman–Crippen MR) is 45.0 cm³/mol. The third kappa shape index (κ3) is 1.55. The lowest BCUT2D eigenvalue weighted by atomic mass is 10.2. The molecule has 5 heteroatoms. The number of hydrogen-bond acceptors (Lipinski definition) is 3. The van der Waals surface area contributed by atoms with Crippen molar-refractivity contribution in [1.29, 1.82) is 0 Å². The molecule has 12 heavy (non-hydrogen) atoms. The van der Waals surface area contributed by atoms with Crippen molar-refractivity contribution in [2.45, 2.75) is 6.92 Å². The molecule has 0 fully saturated rings. The second-order valence-corrected chi connectivity index (χ2v) is 3.21. The quantitative estimate of drug-likeness (QED) is 0.546. The molecule has 1 aromatic rings. The molecule has 0 aromatic heterocycles. The van der Waals surface area contributed by atoms with Crippen LogP contribution in [0.4, 0.5) is 5.69 Å². The first kappa shape index (κ1) is 8.99. The summed E-state index contributed by atoms with van der Waals surface area (Å²) >= 11 is 2.95. The Morgan fingerprint density at radius 1 is 1.50 bits per heavy atom. The first-order valence-corrected chi connectivity index (χ1v) is 3.93. The lowest BCUT2D eigenvalue weighted by Crippen LogP contribution is -1.99. The van der Waals surface area contributed by atoms with Crippen molar-refractivity contribution in [1.82, 2.24) is 0 Å². The van der Waals surface area contributed by atoms with Crippen molar-refractivity contribution in [3.05, 3.63) is 32.3 Å². The van der Waals surface area contributed by atoms with Crippen LogP contribution in [0.5, 0.6) is 5.75 Å². The van der Waals surface area contributed by atoms with Crippen LogP contribution in [0.2, 0.25) is 0 Å². The molecule has 0 spiro atoms. The van der Waals surface area contributed by atoms with Gasteiger partial charge in [-0.3, -0.25) is 10.1 Å². The van der Waals surface area contributed by atoms with E-state index in [0.717, 1.165) is 0 Å². The summed E-state index contributed by atoms with van der Waals surface area (Å²) in [7, 11) is 0. The molecular formula is C7H5BrNO3-. The molecular weight excluding hydrogens is 226 g/mol. The molecule has 1 aromatic carbocycles. The van der Waals surface area contributed by atoms with Gasteiger partial charge in [-0.05, 0) is 24.3 Å². The van der Waals surface area contributed by atoms with Crippen LogP contribution in [0.1, 0.15) is 5.56 Å². The maximum atomic E-state index is 11.1. The van der Waals surface area contributed by atoms with E-state index in [1.165, 1.54) is 6.07 Å². The summed E-state index contributed by atoms with van der Waals surface area (Å²) in [6.07, 6.45) is 0. The van der Waals surface area contributed by atoms with E-state index < -0.39 is 10.7 Å². The Bertz CT molecular complexity index is 338. The highest BCUT2D eigenvalue weighted by Crippen LogP contribution is 2.32. The van der Waals surface area contributed by atoms with Crippen LogP contribution < -0.4 is 5.11 Å². The number of hydrogen-bond donors (Lipinski definition) is 0. The molecule has 0 unspecified atom stereocenters. The highest BCUT2D eigenvalue weighted by molar-refractivity contribution is 9.10. The van der Waals surface area contributed by atoms with Crippen LogP contribution in [-0.4, -0.2) is 4.92 Å². The second kappa shape index (κ2) is 3.10. The van der Waals surface area contributed by atoms with Crippen molar-refractivity contribution in [2.24, 2.45) is 0 Å². The third-order valence-electron chi connectivity index (χ3n) is 1.37. The van der Waals surface area contributed by atoms with E-state index in [2.05, 4.69) is 15.9 Å². The molecule has 0 radical (unpaired) electrons. The van der Waals surface area contributed by atoms with Crippen LogP contribution >= 0.6 is 15.9 Å². The average Bonchev–Trinajstić information content (AvgIpc) is 1.96. The SMILES string of the molecule is Cc1cc(Br)c([O-])c([N+](=O)[O-])c1. The largest absolute Gasteiger partial charge is 0.867 e. The van der Waals surface area contributed by atoms with Gasteiger partial charge >= 0.3 is 0 Å². The van der Waals surface area contributed by atoms with Gasteiger partial charge in [-0.25, -0.2) is 0 Å². The zero-order valence-electron chi connectivity index (χ0n) is 6.20. The van der Waals surface area contributed by atoms with Crippen molar-refractivity contribution >= 4 is 21.6 Å². The van der Waals surface area contributed by atoms with Gasteiger partial charge in [0, 0.05) is 10.5 Å². The summed E-state index contributed by atoms with van der Waals surface area (Å²) in [5.74, 6) is -0.578. The normalized spacial score (nSPS) is 9.83. The smallest absolute Gasteiger partial charge is 0.263 e. The monoisotopic (exact) mass is 230 g/mol. The Kier molecular flexibility index (Phi) is 2.32.